The molecule has 1 saturated heterocycles. The van der Waals surface area contributed by atoms with Crippen LogP contribution in [0.25, 0.3) is 0 Å². The van der Waals surface area contributed by atoms with E-state index in [1.807, 2.05) is 6.92 Å². The molecule has 3 rings (SSSR count). The number of carboxylic acids is 1. The first-order valence-corrected chi connectivity index (χ1v) is 8.40. The van der Waals surface area contributed by atoms with Gasteiger partial charge in [0.2, 0.25) is 0 Å². The number of amides is 1. The van der Waals surface area contributed by atoms with Crippen LogP contribution in [0, 0.1) is 18.7 Å². The zero-order valence-electron chi connectivity index (χ0n) is 13.7. The fourth-order valence-corrected chi connectivity index (χ4v) is 3.97. The van der Waals surface area contributed by atoms with Crippen LogP contribution in [0.3, 0.4) is 0 Å². The summed E-state index contributed by atoms with van der Waals surface area (Å²) in [6, 6.07) is 3.62. The number of fused-ring (bicyclic) bond motifs is 1. The van der Waals surface area contributed by atoms with E-state index in [-0.39, 0.29) is 30.2 Å². The maximum Gasteiger partial charge on any atom is 0.326 e. The smallest absolute Gasteiger partial charge is 0.326 e. The molecule has 6 heteroatoms. The second kappa shape index (κ2) is 6.79. The van der Waals surface area contributed by atoms with Gasteiger partial charge in [0, 0.05) is 6.04 Å². The summed E-state index contributed by atoms with van der Waals surface area (Å²) in [4.78, 5) is 25.6. The van der Waals surface area contributed by atoms with Crippen molar-refractivity contribution in [2.24, 2.45) is 5.92 Å². The van der Waals surface area contributed by atoms with E-state index in [1.165, 1.54) is 17.0 Å². The molecule has 1 saturated carbocycles. The molecule has 2 fully saturated rings. The number of likely N-dealkylation sites (tertiary alicyclic amines) is 1. The summed E-state index contributed by atoms with van der Waals surface area (Å²) in [6.07, 6.45) is 4.39. The Morgan fingerprint density at radius 3 is 2.83 bits per heavy atom. The van der Waals surface area contributed by atoms with Gasteiger partial charge in [0.1, 0.15) is 6.04 Å². The first-order valence-electron chi connectivity index (χ1n) is 8.40. The molecule has 24 heavy (non-hydrogen) atoms. The number of halogens is 1. The summed E-state index contributed by atoms with van der Waals surface area (Å²) in [7, 11) is 0. The lowest BCUT2D eigenvalue weighted by Crippen LogP contribution is -2.48. The Morgan fingerprint density at radius 2 is 2.08 bits per heavy atom. The molecule has 2 aliphatic rings. The monoisotopic (exact) mass is 335 g/mol. The topological polar surface area (TPSA) is 66.8 Å². The van der Waals surface area contributed by atoms with Gasteiger partial charge in [-0.2, -0.15) is 0 Å². The van der Waals surface area contributed by atoms with Crippen molar-refractivity contribution in [3.63, 3.8) is 0 Å². The van der Waals surface area contributed by atoms with E-state index < -0.39 is 17.8 Å². The van der Waals surface area contributed by atoms with E-state index in [0.717, 1.165) is 31.2 Å². The highest BCUT2D eigenvalue weighted by Gasteiger charge is 2.47. The number of aliphatic carboxylic acids is 1. The fraction of sp³-hybridized carbons (Fsp3) is 0.556. The van der Waals surface area contributed by atoms with Crippen LogP contribution in [0.5, 0.6) is 5.75 Å². The van der Waals surface area contributed by atoms with Crippen LogP contribution >= 0.6 is 0 Å². The fourth-order valence-electron chi connectivity index (χ4n) is 3.97. The van der Waals surface area contributed by atoms with Gasteiger partial charge in [-0.3, -0.25) is 4.79 Å². The number of carbonyl (C=O) groups is 2. The highest BCUT2D eigenvalue weighted by molar-refractivity contribution is 5.85. The van der Waals surface area contributed by atoms with Gasteiger partial charge >= 0.3 is 5.97 Å². The van der Waals surface area contributed by atoms with Gasteiger partial charge in [-0.05, 0) is 49.8 Å². The molecule has 0 radical (unpaired) electrons. The van der Waals surface area contributed by atoms with Crippen molar-refractivity contribution in [3.05, 3.63) is 29.6 Å². The van der Waals surface area contributed by atoms with Crippen molar-refractivity contribution in [3.8, 4) is 5.75 Å². The van der Waals surface area contributed by atoms with Gasteiger partial charge in [-0.25, -0.2) is 9.18 Å². The second-order valence-electron chi connectivity index (χ2n) is 6.73. The molecule has 130 valence electrons. The number of carbonyl (C=O) groups excluding carboxylic acids is 1. The molecule has 0 spiro atoms. The van der Waals surface area contributed by atoms with Gasteiger partial charge in [0.25, 0.3) is 5.91 Å². The zero-order valence-corrected chi connectivity index (χ0v) is 13.7. The van der Waals surface area contributed by atoms with Crippen LogP contribution in [0.1, 0.15) is 37.7 Å². The van der Waals surface area contributed by atoms with E-state index in [9.17, 15) is 19.1 Å². The molecular weight excluding hydrogens is 313 g/mol. The van der Waals surface area contributed by atoms with Crippen LogP contribution < -0.4 is 4.74 Å². The Morgan fingerprint density at radius 1 is 1.33 bits per heavy atom. The number of benzene rings is 1. The Bertz CT molecular complexity index is 648. The van der Waals surface area contributed by atoms with Crippen LogP contribution in [0.2, 0.25) is 0 Å². The van der Waals surface area contributed by atoms with Crippen molar-refractivity contribution in [1.29, 1.82) is 0 Å². The Balaban J connectivity index is 1.72. The number of ether oxygens (including phenoxy) is 1. The molecule has 1 aromatic carbocycles. The van der Waals surface area contributed by atoms with E-state index in [0.29, 0.717) is 6.42 Å². The highest BCUT2D eigenvalue weighted by atomic mass is 19.1. The minimum absolute atomic E-state index is 0.0228. The molecule has 3 atom stereocenters. The number of aryl methyl sites for hydroxylation is 1. The molecule has 0 aromatic heterocycles. The summed E-state index contributed by atoms with van der Waals surface area (Å²) < 4.78 is 19.1. The largest absolute Gasteiger partial charge is 0.481 e. The van der Waals surface area contributed by atoms with Crippen LogP contribution in [0.15, 0.2) is 18.2 Å². The van der Waals surface area contributed by atoms with Gasteiger partial charge in [-0.15, -0.1) is 0 Å². The number of carboxylic acid groups (broad SMARTS) is 1. The molecule has 3 unspecified atom stereocenters. The third-order valence-electron chi connectivity index (χ3n) is 5.10. The first-order chi connectivity index (χ1) is 11.5. The molecule has 0 bridgehead atoms. The summed E-state index contributed by atoms with van der Waals surface area (Å²) in [6.45, 7) is 1.47. The van der Waals surface area contributed by atoms with Crippen LogP contribution in [-0.4, -0.2) is 40.6 Å². The summed E-state index contributed by atoms with van der Waals surface area (Å²) in [5.74, 6) is -1.61. The lowest BCUT2D eigenvalue weighted by Gasteiger charge is -2.32. The zero-order chi connectivity index (χ0) is 17.3. The van der Waals surface area contributed by atoms with Gasteiger partial charge in [0.15, 0.2) is 18.2 Å². The third kappa shape index (κ3) is 3.23. The molecule has 1 heterocycles. The van der Waals surface area contributed by atoms with E-state index in [2.05, 4.69) is 0 Å². The molecule has 1 aliphatic carbocycles. The molecule has 1 aliphatic heterocycles. The van der Waals surface area contributed by atoms with Crippen molar-refractivity contribution >= 4 is 11.9 Å². The molecule has 1 aromatic rings. The van der Waals surface area contributed by atoms with Gasteiger partial charge < -0.3 is 14.7 Å². The van der Waals surface area contributed by atoms with E-state index >= 15 is 0 Å². The molecular formula is C18H22FNO4. The normalized spacial score (nSPS) is 26.1. The summed E-state index contributed by atoms with van der Waals surface area (Å²) in [5.41, 5.74) is 0.829. The summed E-state index contributed by atoms with van der Waals surface area (Å²) in [5, 5.41) is 9.45. The van der Waals surface area contributed by atoms with Gasteiger partial charge in [0.05, 0.1) is 0 Å². The Hall–Kier alpha value is -2.11. The Kier molecular flexibility index (Phi) is 4.73. The third-order valence-corrected chi connectivity index (χ3v) is 5.10. The quantitative estimate of drug-likeness (QED) is 0.919. The molecule has 5 nitrogen and oxygen atoms in total. The number of rotatable bonds is 4. The first kappa shape index (κ1) is 16.7. The number of nitrogens with zero attached hydrogens (tertiary/aromatic N) is 1. The van der Waals surface area contributed by atoms with E-state index in [4.69, 9.17) is 4.74 Å². The van der Waals surface area contributed by atoms with Crippen LogP contribution in [-0.2, 0) is 9.59 Å². The Labute approximate surface area is 140 Å². The van der Waals surface area contributed by atoms with E-state index in [1.54, 1.807) is 6.07 Å². The number of hydrogen-bond acceptors (Lipinski definition) is 3. The molecule has 1 N–H and O–H groups in total. The minimum atomic E-state index is -0.973. The SMILES string of the molecule is Cc1ccc(F)c(OCC(=O)N2C(C(=O)O)CC3CCCCC32)c1. The standard InChI is InChI=1S/C18H22FNO4/c1-11-6-7-13(19)16(8-11)24-10-17(21)20-14-5-3-2-4-12(14)9-15(20)18(22)23/h6-8,12,14-15H,2-5,9-10H2,1H3,(H,22,23). The average Bonchev–Trinajstić information content (AvgIpc) is 2.95. The van der Waals surface area contributed by atoms with Crippen LogP contribution in [0.4, 0.5) is 4.39 Å². The van der Waals surface area contributed by atoms with Crippen molar-refractivity contribution in [2.45, 2.75) is 51.1 Å². The van der Waals surface area contributed by atoms with Gasteiger partial charge in [-0.1, -0.05) is 18.9 Å². The molecule has 1 amide bonds. The van der Waals surface area contributed by atoms with Crippen molar-refractivity contribution in [2.75, 3.05) is 6.61 Å². The highest BCUT2D eigenvalue weighted by Crippen LogP contribution is 2.39. The summed E-state index contributed by atoms with van der Waals surface area (Å²) >= 11 is 0. The maximum atomic E-state index is 13.7. The van der Waals surface area contributed by atoms with Crippen molar-refractivity contribution in [1.82, 2.24) is 4.90 Å². The maximum absolute atomic E-state index is 13.7. The van der Waals surface area contributed by atoms with Crippen molar-refractivity contribution < 1.29 is 23.8 Å². The lowest BCUT2D eigenvalue weighted by atomic mass is 9.85. The average molecular weight is 335 g/mol. The number of hydrogen-bond donors (Lipinski definition) is 1. The predicted octanol–water partition coefficient (Wildman–Crippen LogP) is 2.76. The lowest BCUT2D eigenvalue weighted by molar-refractivity contribution is -0.150. The predicted molar refractivity (Wildman–Crippen MR) is 85.3 cm³/mol. The second-order valence-corrected chi connectivity index (χ2v) is 6.73. The minimum Gasteiger partial charge on any atom is -0.481 e.